The van der Waals surface area contributed by atoms with Crippen molar-refractivity contribution in [3.63, 3.8) is 0 Å². The van der Waals surface area contributed by atoms with E-state index in [1.54, 1.807) is 6.20 Å². The van der Waals surface area contributed by atoms with Gasteiger partial charge in [0.2, 0.25) is 0 Å². The first-order valence-electron chi connectivity index (χ1n) is 5.75. The van der Waals surface area contributed by atoms with Crippen LogP contribution < -0.4 is 10.6 Å². The maximum atomic E-state index is 5.68. The van der Waals surface area contributed by atoms with Gasteiger partial charge < -0.3 is 10.6 Å². The number of nitrogens with two attached hydrogens (primary N) is 1. The predicted molar refractivity (Wildman–Crippen MR) is 72.5 cm³/mol. The van der Waals surface area contributed by atoms with Crippen LogP contribution in [0.15, 0.2) is 42.6 Å². The minimum absolute atomic E-state index is 0.541. The van der Waals surface area contributed by atoms with Crippen molar-refractivity contribution >= 4 is 17.2 Å². The molecule has 0 spiro atoms. The third-order valence-electron chi connectivity index (χ3n) is 2.88. The number of nitrogens with zero attached hydrogens (tertiary/aromatic N) is 2. The molecule has 0 amide bonds. The van der Waals surface area contributed by atoms with Crippen LogP contribution in [0.5, 0.6) is 0 Å². The molecule has 17 heavy (non-hydrogen) atoms. The summed E-state index contributed by atoms with van der Waals surface area (Å²) in [6, 6.07) is 12.4. The molecule has 88 valence electrons. The molecule has 3 heteroatoms. The zero-order valence-corrected chi connectivity index (χ0v) is 10.2. The Morgan fingerprint density at radius 3 is 2.41 bits per heavy atom. The molecule has 0 atom stereocenters. The first-order chi connectivity index (χ1) is 8.20. The van der Waals surface area contributed by atoms with Gasteiger partial charge in [0.15, 0.2) is 0 Å². The molecule has 0 aliphatic rings. The number of hydrogen-bond donors (Lipinski definition) is 1. The predicted octanol–water partition coefficient (Wildman–Crippen LogP) is 2.99. The summed E-state index contributed by atoms with van der Waals surface area (Å²) in [6.07, 6.45) is 2.79. The van der Waals surface area contributed by atoms with Crippen molar-refractivity contribution in [3.8, 4) is 0 Å². The summed E-state index contributed by atoms with van der Waals surface area (Å²) < 4.78 is 0. The Hall–Kier alpha value is -2.03. The number of aryl methyl sites for hydroxylation is 1. The van der Waals surface area contributed by atoms with Gasteiger partial charge in [0.25, 0.3) is 0 Å². The van der Waals surface area contributed by atoms with E-state index in [4.69, 9.17) is 5.73 Å². The molecule has 0 saturated carbocycles. The van der Waals surface area contributed by atoms with Crippen molar-refractivity contribution in [2.24, 2.45) is 0 Å². The summed E-state index contributed by atoms with van der Waals surface area (Å²) in [5.41, 5.74) is 9.22. The fourth-order valence-electron chi connectivity index (χ4n) is 1.75. The summed E-state index contributed by atoms with van der Waals surface area (Å²) >= 11 is 0. The average Bonchev–Trinajstić information content (AvgIpc) is 2.38. The third kappa shape index (κ3) is 2.56. The zero-order valence-electron chi connectivity index (χ0n) is 10.2. The Bertz CT molecular complexity index is 491. The van der Waals surface area contributed by atoms with Crippen LogP contribution in [0.1, 0.15) is 12.5 Å². The molecule has 1 aromatic carbocycles. The normalized spacial score (nSPS) is 10.2. The van der Waals surface area contributed by atoms with Crippen molar-refractivity contribution in [1.29, 1.82) is 0 Å². The van der Waals surface area contributed by atoms with Gasteiger partial charge in [0, 0.05) is 30.7 Å². The van der Waals surface area contributed by atoms with Crippen LogP contribution in [0.3, 0.4) is 0 Å². The van der Waals surface area contributed by atoms with Crippen LogP contribution in [0.4, 0.5) is 17.2 Å². The van der Waals surface area contributed by atoms with Gasteiger partial charge >= 0.3 is 0 Å². The monoisotopic (exact) mass is 227 g/mol. The van der Waals surface area contributed by atoms with Crippen molar-refractivity contribution < 1.29 is 0 Å². The Kier molecular flexibility index (Phi) is 3.28. The van der Waals surface area contributed by atoms with Crippen LogP contribution in [0.25, 0.3) is 0 Å². The van der Waals surface area contributed by atoms with Crippen molar-refractivity contribution in [1.82, 2.24) is 4.98 Å². The SMILES string of the molecule is CCc1ccc(N(C)c2ccnc(N)c2)cc1. The molecule has 0 aliphatic carbocycles. The lowest BCUT2D eigenvalue weighted by atomic mass is 10.1. The van der Waals surface area contributed by atoms with Crippen LogP contribution in [0.2, 0.25) is 0 Å². The number of aromatic nitrogens is 1. The molecular weight excluding hydrogens is 210 g/mol. The first kappa shape index (κ1) is 11.5. The van der Waals surface area contributed by atoms with E-state index in [1.807, 2.05) is 19.2 Å². The van der Waals surface area contributed by atoms with E-state index in [0.29, 0.717) is 5.82 Å². The fraction of sp³-hybridized carbons (Fsp3) is 0.214. The highest BCUT2D eigenvalue weighted by Gasteiger charge is 2.04. The molecule has 2 N–H and O–H groups in total. The van der Waals surface area contributed by atoms with Crippen LogP contribution >= 0.6 is 0 Å². The number of benzene rings is 1. The van der Waals surface area contributed by atoms with E-state index >= 15 is 0 Å². The molecule has 0 fully saturated rings. The third-order valence-corrected chi connectivity index (χ3v) is 2.88. The zero-order chi connectivity index (χ0) is 12.3. The number of anilines is 3. The number of hydrogen-bond acceptors (Lipinski definition) is 3. The first-order valence-corrected chi connectivity index (χ1v) is 5.75. The van der Waals surface area contributed by atoms with E-state index in [1.165, 1.54) is 5.56 Å². The molecular formula is C14H17N3. The number of pyridine rings is 1. The number of rotatable bonds is 3. The molecule has 0 bridgehead atoms. The largest absolute Gasteiger partial charge is 0.384 e. The molecule has 2 rings (SSSR count). The minimum atomic E-state index is 0.541. The second kappa shape index (κ2) is 4.87. The molecule has 0 unspecified atom stereocenters. The van der Waals surface area contributed by atoms with E-state index in [-0.39, 0.29) is 0 Å². The molecule has 1 aromatic heterocycles. The Labute approximate surface area is 102 Å². The van der Waals surface area contributed by atoms with E-state index in [0.717, 1.165) is 17.8 Å². The second-order valence-electron chi connectivity index (χ2n) is 4.02. The van der Waals surface area contributed by atoms with Gasteiger partial charge in [0.05, 0.1) is 0 Å². The molecule has 0 aliphatic heterocycles. The molecule has 3 nitrogen and oxygen atoms in total. The summed E-state index contributed by atoms with van der Waals surface area (Å²) in [5.74, 6) is 0.541. The molecule has 1 heterocycles. The summed E-state index contributed by atoms with van der Waals surface area (Å²) in [7, 11) is 2.02. The maximum Gasteiger partial charge on any atom is 0.125 e. The van der Waals surface area contributed by atoms with Crippen LogP contribution in [-0.2, 0) is 6.42 Å². The topological polar surface area (TPSA) is 42.2 Å². The Morgan fingerprint density at radius 2 is 1.82 bits per heavy atom. The van der Waals surface area contributed by atoms with E-state index in [9.17, 15) is 0 Å². The van der Waals surface area contributed by atoms with E-state index in [2.05, 4.69) is 41.1 Å². The van der Waals surface area contributed by atoms with E-state index < -0.39 is 0 Å². The highest BCUT2D eigenvalue weighted by molar-refractivity contribution is 5.64. The maximum absolute atomic E-state index is 5.68. The van der Waals surface area contributed by atoms with Gasteiger partial charge in [-0.1, -0.05) is 19.1 Å². The quantitative estimate of drug-likeness (QED) is 0.876. The lowest BCUT2D eigenvalue weighted by molar-refractivity contribution is 1.13. The van der Waals surface area contributed by atoms with Crippen molar-refractivity contribution in [2.75, 3.05) is 17.7 Å². The molecule has 0 saturated heterocycles. The lowest BCUT2D eigenvalue weighted by Gasteiger charge is -2.19. The molecule has 0 radical (unpaired) electrons. The van der Waals surface area contributed by atoms with Gasteiger partial charge in [-0.25, -0.2) is 4.98 Å². The minimum Gasteiger partial charge on any atom is -0.384 e. The Balaban J connectivity index is 2.27. The van der Waals surface area contributed by atoms with Gasteiger partial charge in [-0.2, -0.15) is 0 Å². The standard InChI is InChI=1S/C14H17N3/c1-3-11-4-6-12(7-5-11)17(2)13-8-9-16-14(15)10-13/h4-10H,3H2,1-2H3,(H2,15,16). The fourth-order valence-corrected chi connectivity index (χ4v) is 1.75. The highest BCUT2D eigenvalue weighted by atomic mass is 15.1. The van der Waals surface area contributed by atoms with Crippen molar-refractivity contribution in [3.05, 3.63) is 48.2 Å². The average molecular weight is 227 g/mol. The Morgan fingerprint density at radius 1 is 1.12 bits per heavy atom. The number of nitrogen functional groups attached to an aromatic ring is 1. The highest BCUT2D eigenvalue weighted by Crippen LogP contribution is 2.24. The van der Waals surface area contributed by atoms with Gasteiger partial charge in [-0.3, -0.25) is 0 Å². The smallest absolute Gasteiger partial charge is 0.125 e. The molecule has 2 aromatic rings. The van der Waals surface area contributed by atoms with Gasteiger partial charge in [-0.05, 0) is 30.2 Å². The lowest BCUT2D eigenvalue weighted by Crippen LogP contribution is -2.09. The van der Waals surface area contributed by atoms with Crippen LogP contribution in [0, 0.1) is 0 Å². The van der Waals surface area contributed by atoms with Gasteiger partial charge in [0.1, 0.15) is 5.82 Å². The second-order valence-corrected chi connectivity index (χ2v) is 4.02. The van der Waals surface area contributed by atoms with Gasteiger partial charge in [-0.15, -0.1) is 0 Å². The summed E-state index contributed by atoms with van der Waals surface area (Å²) in [4.78, 5) is 6.09. The summed E-state index contributed by atoms with van der Waals surface area (Å²) in [6.45, 7) is 2.16. The van der Waals surface area contributed by atoms with Crippen LogP contribution in [-0.4, -0.2) is 12.0 Å². The van der Waals surface area contributed by atoms with Crippen molar-refractivity contribution in [2.45, 2.75) is 13.3 Å². The summed E-state index contributed by atoms with van der Waals surface area (Å²) in [5, 5.41) is 0.